The van der Waals surface area contributed by atoms with Gasteiger partial charge < -0.3 is 19.9 Å². The molecule has 130 valence electrons. The van der Waals surface area contributed by atoms with E-state index in [4.69, 9.17) is 9.26 Å². The first-order valence-corrected chi connectivity index (χ1v) is 8.90. The average Bonchev–Trinajstić information content (AvgIpc) is 3.22. The van der Waals surface area contributed by atoms with E-state index in [0.29, 0.717) is 24.5 Å². The van der Waals surface area contributed by atoms with E-state index < -0.39 is 0 Å². The van der Waals surface area contributed by atoms with E-state index in [2.05, 4.69) is 20.8 Å². The maximum absolute atomic E-state index is 12.6. The Morgan fingerprint density at radius 2 is 2.25 bits per heavy atom. The number of ether oxygens (including phenoxy) is 1. The van der Waals surface area contributed by atoms with Crippen molar-refractivity contribution in [1.29, 1.82) is 0 Å². The Morgan fingerprint density at radius 1 is 1.42 bits per heavy atom. The second-order valence-electron chi connectivity index (χ2n) is 5.98. The summed E-state index contributed by atoms with van der Waals surface area (Å²) in [5.41, 5.74) is 1.61. The van der Waals surface area contributed by atoms with Crippen LogP contribution in [0, 0.1) is 19.8 Å². The van der Waals surface area contributed by atoms with Crippen LogP contribution in [0.3, 0.4) is 0 Å². The molecule has 1 amide bonds. The minimum atomic E-state index is -0.0941. The van der Waals surface area contributed by atoms with Gasteiger partial charge >= 0.3 is 0 Å². The third-order valence-corrected chi connectivity index (χ3v) is 5.10. The van der Waals surface area contributed by atoms with E-state index in [1.54, 1.807) is 0 Å². The molecule has 1 aliphatic rings. The number of aromatic nitrogens is 2. The van der Waals surface area contributed by atoms with E-state index >= 15 is 0 Å². The monoisotopic (exact) mass is 350 g/mol. The molecular formula is C16H22N4O3S. The van der Waals surface area contributed by atoms with E-state index in [-0.39, 0.29) is 17.9 Å². The van der Waals surface area contributed by atoms with Crippen LogP contribution in [0.15, 0.2) is 10.6 Å². The number of anilines is 1. The number of aryl methyl sites for hydroxylation is 2. The number of rotatable bonds is 6. The summed E-state index contributed by atoms with van der Waals surface area (Å²) < 4.78 is 10.8. The lowest BCUT2D eigenvalue weighted by molar-refractivity contribution is 0.0928. The van der Waals surface area contributed by atoms with Gasteiger partial charge in [-0.05, 0) is 20.8 Å². The number of carbonyl (C=O) groups is 1. The Hall–Kier alpha value is -1.93. The lowest BCUT2D eigenvalue weighted by atomic mass is 9.98. The van der Waals surface area contributed by atoms with Crippen molar-refractivity contribution >= 4 is 22.4 Å². The molecule has 1 saturated heterocycles. The van der Waals surface area contributed by atoms with Crippen molar-refractivity contribution in [2.75, 3.05) is 25.1 Å². The highest BCUT2D eigenvalue weighted by molar-refractivity contribution is 7.17. The summed E-state index contributed by atoms with van der Waals surface area (Å²) in [4.78, 5) is 17.6. The van der Waals surface area contributed by atoms with E-state index in [0.717, 1.165) is 28.8 Å². The van der Waals surface area contributed by atoms with Gasteiger partial charge in [-0.2, -0.15) is 0 Å². The lowest BCUT2D eigenvalue weighted by Crippen LogP contribution is -2.40. The van der Waals surface area contributed by atoms with Gasteiger partial charge in [-0.3, -0.25) is 4.79 Å². The highest BCUT2D eigenvalue weighted by Crippen LogP contribution is 2.24. The molecule has 1 aliphatic heterocycles. The fourth-order valence-electron chi connectivity index (χ4n) is 2.80. The summed E-state index contributed by atoms with van der Waals surface area (Å²) in [5, 5.41) is 10.9. The van der Waals surface area contributed by atoms with Crippen molar-refractivity contribution in [3.8, 4) is 0 Å². The zero-order chi connectivity index (χ0) is 17.1. The first-order chi connectivity index (χ1) is 11.6. The molecule has 8 heteroatoms. The quantitative estimate of drug-likeness (QED) is 0.830. The topological polar surface area (TPSA) is 89.3 Å². The van der Waals surface area contributed by atoms with Crippen molar-refractivity contribution in [3.05, 3.63) is 28.1 Å². The molecule has 7 nitrogen and oxygen atoms in total. The summed E-state index contributed by atoms with van der Waals surface area (Å²) in [6, 6.07) is 1.89. The lowest BCUT2D eigenvalue weighted by Gasteiger charge is -2.17. The molecule has 0 bridgehead atoms. The van der Waals surface area contributed by atoms with Crippen molar-refractivity contribution in [2.24, 2.45) is 5.92 Å². The van der Waals surface area contributed by atoms with Gasteiger partial charge in [0.15, 0.2) is 5.13 Å². The molecule has 2 atom stereocenters. The summed E-state index contributed by atoms with van der Waals surface area (Å²) in [7, 11) is 0. The van der Waals surface area contributed by atoms with E-state index in [1.807, 2.05) is 26.8 Å². The van der Waals surface area contributed by atoms with Gasteiger partial charge in [-0.25, -0.2) is 4.98 Å². The predicted molar refractivity (Wildman–Crippen MR) is 91.5 cm³/mol. The van der Waals surface area contributed by atoms with Crippen LogP contribution in [0.25, 0.3) is 0 Å². The maximum atomic E-state index is 12.6. The zero-order valence-electron chi connectivity index (χ0n) is 14.1. The Labute approximate surface area is 144 Å². The zero-order valence-corrected chi connectivity index (χ0v) is 14.9. The third kappa shape index (κ3) is 3.76. The van der Waals surface area contributed by atoms with Gasteiger partial charge in [0.1, 0.15) is 10.6 Å². The van der Waals surface area contributed by atoms with E-state index in [9.17, 15) is 4.79 Å². The van der Waals surface area contributed by atoms with Crippen LogP contribution >= 0.6 is 11.3 Å². The minimum Gasteiger partial charge on any atom is -0.379 e. The van der Waals surface area contributed by atoms with Gasteiger partial charge in [-0.15, -0.1) is 0 Å². The number of nitrogens with zero attached hydrogens (tertiary/aromatic N) is 2. The molecule has 3 heterocycles. The van der Waals surface area contributed by atoms with E-state index in [1.165, 1.54) is 11.3 Å². The number of amides is 1. The molecule has 0 spiro atoms. The molecule has 0 aromatic carbocycles. The van der Waals surface area contributed by atoms with Gasteiger partial charge in [0.2, 0.25) is 0 Å². The summed E-state index contributed by atoms with van der Waals surface area (Å²) in [6.07, 6.45) is 0.704. The SMILES string of the molecule is CCNc1nc(C)c(C(=O)N[C@H]2COC[C@H]2Cc2cc(C)no2)s1. The standard InChI is InChI=1S/C16H22N4O3S/c1-4-17-16-18-10(3)14(24-16)15(21)19-13-8-22-7-11(13)6-12-5-9(2)20-23-12/h5,11,13H,4,6-8H2,1-3H3,(H,17,18)(H,19,21)/t11-,13+/m1/s1. The van der Waals surface area contributed by atoms with Crippen molar-refractivity contribution in [1.82, 2.24) is 15.5 Å². The average molecular weight is 350 g/mol. The maximum Gasteiger partial charge on any atom is 0.263 e. The van der Waals surface area contributed by atoms with Crippen molar-refractivity contribution in [2.45, 2.75) is 33.2 Å². The largest absolute Gasteiger partial charge is 0.379 e. The predicted octanol–water partition coefficient (Wildman–Crippen LogP) is 2.17. The minimum absolute atomic E-state index is 0.0352. The van der Waals surface area contributed by atoms with Gasteiger partial charge in [0.05, 0.1) is 30.6 Å². The first kappa shape index (κ1) is 16.9. The summed E-state index contributed by atoms with van der Waals surface area (Å²) in [6.45, 7) is 7.65. The van der Waals surface area contributed by atoms with Crippen molar-refractivity contribution < 1.29 is 14.1 Å². The second-order valence-corrected chi connectivity index (χ2v) is 6.98. The number of carbonyl (C=O) groups excluding carboxylic acids is 1. The molecule has 2 aromatic rings. The van der Waals surface area contributed by atoms with Crippen LogP contribution in [-0.2, 0) is 11.2 Å². The normalized spacial score (nSPS) is 20.3. The molecular weight excluding hydrogens is 328 g/mol. The first-order valence-electron chi connectivity index (χ1n) is 8.09. The Morgan fingerprint density at radius 3 is 2.96 bits per heavy atom. The number of hydrogen-bond acceptors (Lipinski definition) is 7. The molecule has 2 aromatic heterocycles. The highest BCUT2D eigenvalue weighted by atomic mass is 32.1. The van der Waals surface area contributed by atoms with Crippen LogP contribution in [0.2, 0.25) is 0 Å². The Balaban J connectivity index is 1.64. The van der Waals surface area contributed by atoms with Gasteiger partial charge in [0.25, 0.3) is 5.91 Å². The number of hydrogen-bond donors (Lipinski definition) is 2. The smallest absolute Gasteiger partial charge is 0.263 e. The summed E-state index contributed by atoms with van der Waals surface area (Å²) >= 11 is 1.38. The molecule has 3 rings (SSSR count). The molecule has 24 heavy (non-hydrogen) atoms. The fourth-order valence-corrected chi connectivity index (χ4v) is 3.74. The van der Waals surface area contributed by atoms with Crippen LogP contribution in [0.5, 0.6) is 0 Å². The summed E-state index contributed by atoms with van der Waals surface area (Å²) in [5.74, 6) is 0.914. The van der Waals surface area contributed by atoms with Gasteiger partial charge in [-0.1, -0.05) is 16.5 Å². The molecule has 2 N–H and O–H groups in total. The fraction of sp³-hybridized carbons (Fsp3) is 0.562. The Kier molecular flexibility index (Phi) is 5.15. The number of thiazole rings is 1. The molecule has 0 unspecified atom stereocenters. The van der Waals surface area contributed by atoms with Crippen LogP contribution in [-0.4, -0.2) is 41.8 Å². The van der Waals surface area contributed by atoms with Crippen LogP contribution in [0.1, 0.15) is 33.7 Å². The van der Waals surface area contributed by atoms with Crippen LogP contribution < -0.4 is 10.6 Å². The molecule has 0 aliphatic carbocycles. The number of nitrogens with one attached hydrogen (secondary N) is 2. The van der Waals surface area contributed by atoms with Crippen LogP contribution in [0.4, 0.5) is 5.13 Å². The van der Waals surface area contributed by atoms with Gasteiger partial charge in [0, 0.05) is 24.9 Å². The second kappa shape index (κ2) is 7.31. The Bertz CT molecular complexity index is 712. The van der Waals surface area contributed by atoms with Crippen molar-refractivity contribution in [3.63, 3.8) is 0 Å². The third-order valence-electron chi connectivity index (χ3n) is 3.99. The molecule has 0 radical (unpaired) electrons. The molecule has 1 fully saturated rings. The molecule has 0 saturated carbocycles. The highest BCUT2D eigenvalue weighted by Gasteiger charge is 2.31.